The molecule has 0 saturated carbocycles. The molecule has 0 aliphatic carbocycles. The third-order valence-corrected chi connectivity index (χ3v) is 4.90. The van der Waals surface area contributed by atoms with Gasteiger partial charge in [-0.2, -0.15) is 0 Å². The predicted octanol–water partition coefficient (Wildman–Crippen LogP) is 2.88. The molecular weight excluding hydrogens is 374 g/mol. The van der Waals surface area contributed by atoms with Gasteiger partial charge in [-0.1, -0.05) is 5.16 Å². The van der Waals surface area contributed by atoms with E-state index in [1.807, 2.05) is 13.8 Å². The molecule has 2 amide bonds. The maximum atomic E-state index is 13.1. The first-order chi connectivity index (χ1) is 13.9. The van der Waals surface area contributed by atoms with Crippen LogP contribution in [-0.2, 0) is 4.79 Å². The van der Waals surface area contributed by atoms with E-state index in [1.54, 1.807) is 43.4 Å². The second-order valence-corrected chi connectivity index (χ2v) is 7.32. The second kappa shape index (κ2) is 8.98. The van der Waals surface area contributed by atoms with Crippen molar-refractivity contribution in [1.29, 1.82) is 0 Å². The number of methoxy groups -OCH3 is 2. The molecule has 8 nitrogen and oxygen atoms in total. The number of carbonyl (C=O) groups excluding carboxylic acids is 2. The summed E-state index contributed by atoms with van der Waals surface area (Å²) in [6, 6.07) is 6.38. The highest BCUT2D eigenvalue weighted by Crippen LogP contribution is 2.34. The summed E-state index contributed by atoms with van der Waals surface area (Å²) in [4.78, 5) is 27.2. The molecule has 1 N–H and O–H groups in total. The third-order valence-electron chi connectivity index (χ3n) is 4.90. The van der Waals surface area contributed by atoms with E-state index in [-0.39, 0.29) is 23.6 Å². The van der Waals surface area contributed by atoms with E-state index in [0.717, 1.165) is 12.8 Å². The summed E-state index contributed by atoms with van der Waals surface area (Å²) in [5, 5.41) is 6.86. The van der Waals surface area contributed by atoms with Crippen LogP contribution in [0.1, 0.15) is 43.6 Å². The number of ether oxygens (including phenoxy) is 2. The summed E-state index contributed by atoms with van der Waals surface area (Å²) in [6.07, 6.45) is 2.40. The molecule has 0 spiro atoms. The van der Waals surface area contributed by atoms with E-state index in [1.165, 1.54) is 0 Å². The summed E-state index contributed by atoms with van der Waals surface area (Å²) < 4.78 is 16.1. The average molecular weight is 401 g/mol. The second-order valence-electron chi connectivity index (χ2n) is 7.32. The van der Waals surface area contributed by atoms with Gasteiger partial charge >= 0.3 is 0 Å². The maximum Gasteiger partial charge on any atom is 0.276 e. The molecule has 1 fully saturated rings. The lowest BCUT2D eigenvalue weighted by molar-refractivity contribution is -0.127. The van der Waals surface area contributed by atoms with E-state index in [9.17, 15) is 9.59 Å². The topological polar surface area (TPSA) is 93.9 Å². The molecule has 1 aliphatic rings. The van der Waals surface area contributed by atoms with E-state index >= 15 is 0 Å². The molecule has 0 bridgehead atoms. The van der Waals surface area contributed by atoms with Crippen molar-refractivity contribution >= 4 is 11.8 Å². The minimum absolute atomic E-state index is 0.0144. The van der Waals surface area contributed by atoms with Gasteiger partial charge in [0.15, 0.2) is 11.5 Å². The van der Waals surface area contributed by atoms with Gasteiger partial charge in [0.25, 0.3) is 5.91 Å². The quantitative estimate of drug-likeness (QED) is 0.800. The van der Waals surface area contributed by atoms with E-state index in [4.69, 9.17) is 14.0 Å². The highest BCUT2D eigenvalue weighted by Gasteiger charge is 2.34. The molecule has 1 aliphatic heterocycles. The number of piperidine rings is 1. The smallest absolute Gasteiger partial charge is 0.276 e. The maximum absolute atomic E-state index is 13.1. The minimum atomic E-state index is -0.495. The van der Waals surface area contributed by atoms with Crippen LogP contribution >= 0.6 is 0 Å². The molecule has 2 heterocycles. The van der Waals surface area contributed by atoms with Crippen LogP contribution in [0.2, 0.25) is 0 Å². The van der Waals surface area contributed by atoms with Gasteiger partial charge in [0.05, 0.1) is 19.8 Å². The van der Waals surface area contributed by atoms with Gasteiger partial charge in [-0.05, 0) is 51.3 Å². The van der Waals surface area contributed by atoms with Gasteiger partial charge in [-0.15, -0.1) is 0 Å². The number of hydrogen-bond acceptors (Lipinski definition) is 6. The van der Waals surface area contributed by atoms with Crippen LogP contribution in [0, 0.1) is 0 Å². The molecular formula is C21H27N3O5. The lowest BCUT2D eigenvalue weighted by atomic mass is 10.0. The lowest BCUT2D eigenvalue weighted by Gasteiger charge is -2.34. The molecule has 8 heteroatoms. The van der Waals surface area contributed by atoms with Gasteiger partial charge in [-0.25, -0.2) is 0 Å². The van der Waals surface area contributed by atoms with Crippen LogP contribution < -0.4 is 14.8 Å². The number of likely N-dealkylation sites (tertiary alicyclic amines) is 1. The highest BCUT2D eigenvalue weighted by atomic mass is 16.5. The monoisotopic (exact) mass is 401 g/mol. The van der Waals surface area contributed by atoms with Crippen molar-refractivity contribution in [2.45, 2.75) is 45.2 Å². The van der Waals surface area contributed by atoms with Crippen molar-refractivity contribution in [2.24, 2.45) is 0 Å². The fourth-order valence-electron chi connectivity index (χ4n) is 3.48. The van der Waals surface area contributed by atoms with Crippen molar-refractivity contribution in [3.63, 3.8) is 0 Å². The standard InChI is InChI=1S/C21H27N3O5/c1-13(2)22-20(25)17-7-5-6-10-24(17)21(26)16-12-19(29-23-16)15-11-14(27-3)8-9-18(15)28-4/h8-9,11-13,17H,5-7,10H2,1-4H3,(H,22,25)/t17-/m0/s1. The number of carbonyl (C=O) groups is 2. The van der Waals surface area contributed by atoms with Crippen molar-refractivity contribution in [3.05, 3.63) is 30.0 Å². The molecule has 1 aromatic carbocycles. The zero-order valence-electron chi connectivity index (χ0n) is 17.2. The summed E-state index contributed by atoms with van der Waals surface area (Å²) in [5.74, 6) is 1.15. The Kier molecular flexibility index (Phi) is 6.41. The van der Waals surface area contributed by atoms with Crippen molar-refractivity contribution in [1.82, 2.24) is 15.4 Å². The van der Waals surface area contributed by atoms with Crippen LogP contribution in [0.25, 0.3) is 11.3 Å². The normalized spacial score (nSPS) is 16.6. The highest BCUT2D eigenvalue weighted by molar-refractivity contribution is 5.97. The molecule has 0 radical (unpaired) electrons. The van der Waals surface area contributed by atoms with Crippen LogP contribution in [0.3, 0.4) is 0 Å². The van der Waals surface area contributed by atoms with Gasteiger partial charge < -0.3 is 24.2 Å². The van der Waals surface area contributed by atoms with Crippen molar-refractivity contribution in [3.8, 4) is 22.8 Å². The van der Waals surface area contributed by atoms with Gasteiger partial charge in [-0.3, -0.25) is 9.59 Å². The first-order valence-corrected chi connectivity index (χ1v) is 9.75. The number of amides is 2. The number of aromatic nitrogens is 1. The number of hydrogen-bond donors (Lipinski definition) is 1. The predicted molar refractivity (Wildman–Crippen MR) is 107 cm³/mol. The number of nitrogens with one attached hydrogen (secondary N) is 1. The van der Waals surface area contributed by atoms with Gasteiger partial charge in [0.1, 0.15) is 17.5 Å². The number of nitrogens with zero attached hydrogens (tertiary/aromatic N) is 2. The number of benzene rings is 1. The fourth-order valence-corrected chi connectivity index (χ4v) is 3.48. The Bertz CT molecular complexity index is 877. The molecule has 1 atom stereocenters. The van der Waals surface area contributed by atoms with E-state index < -0.39 is 6.04 Å². The van der Waals surface area contributed by atoms with Crippen molar-refractivity contribution in [2.75, 3.05) is 20.8 Å². The fraction of sp³-hybridized carbons (Fsp3) is 0.476. The molecule has 1 aromatic heterocycles. The summed E-state index contributed by atoms with van der Waals surface area (Å²) >= 11 is 0. The lowest BCUT2D eigenvalue weighted by Crippen LogP contribution is -2.53. The minimum Gasteiger partial charge on any atom is -0.497 e. The van der Waals surface area contributed by atoms with Gasteiger partial charge in [0, 0.05) is 18.7 Å². The molecule has 156 valence electrons. The largest absolute Gasteiger partial charge is 0.497 e. The Hall–Kier alpha value is -3.03. The Balaban J connectivity index is 1.86. The summed E-state index contributed by atoms with van der Waals surface area (Å²) in [5.41, 5.74) is 0.792. The first-order valence-electron chi connectivity index (χ1n) is 9.75. The zero-order valence-corrected chi connectivity index (χ0v) is 17.2. The number of rotatable bonds is 6. The van der Waals surface area contributed by atoms with Crippen LogP contribution in [0.15, 0.2) is 28.8 Å². The molecule has 1 saturated heterocycles. The summed E-state index contributed by atoms with van der Waals surface area (Å²) in [6.45, 7) is 4.32. The van der Waals surface area contributed by atoms with Crippen molar-refractivity contribution < 1.29 is 23.6 Å². The van der Waals surface area contributed by atoms with Crippen LogP contribution in [-0.4, -0.2) is 54.7 Å². The summed E-state index contributed by atoms with van der Waals surface area (Å²) in [7, 11) is 3.12. The first kappa shape index (κ1) is 20.7. The SMILES string of the molecule is COc1ccc(OC)c(-c2cc(C(=O)N3CCCC[C@H]3C(=O)NC(C)C)no2)c1. The van der Waals surface area contributed by atoms with E-state index in [2.05, 4.69) is 10.5 Å². The van der Waals surface area contributed by atoms with Gasteiger partial charge in [0.2, 0.25) is 5.91 Å². The van der Waals surface area contributed by atoms with Crippen LogP contribution in [0.5, 0.6) is 11.5 Å². The Morgan fingerprint density at radius 3 is 2.69 bits per heavy atom. The Morgan fingerprint density at radius 2 is 2.00 bits per heavy atom. The molecule has 2 aromatic rings. The van der Waals surface area contributed by atoms with Crippen LogP contribution in [0.4, 0.5) is 0 Å². The molecule has 3 rings (SSSR count). The zero-order chi connectivity index (χ0) is 21.0. The third kappa shape index (κ3) is 4.52. The Labute approximate surface area is 170 Å². The van der Waals surface area contributed by atoms with E-state index in [0.29, 0.717) is 35.8 Å². The molecule has 29 heavy (non-hydrogen) atoms. The average Bonchev–Trinajstić information content (AvgIpc) is 3.22. The molecule has 0 unspecified atom stereocenters. The Morgan fingerprint density at radius 1 is 1.21 bits per heavy atom.